The van der Waals surface area contributed by atoms with Crippen molar-refractivity contribution in [1.82, 2.24) is 9.97 Å². The van der Waals surface area contributed by atoms with Gasteiger partial charge >= 0.3 is 0 Å². The zero-order valence-corrected chi connectivity index (χ0v) is 13.4. The molecule has 0 aliphatic heterocycles. The van der Waals surface area contributed by atoms with E-state index in [2.05, 4.69) is 9.97 Å². The predicted octanol–water partition coefficient (Wildman–Crippen LogP) is 6.01. The van der Waals surface area contributed by atoms with Crippen LogP contribution in [0.5, 0.6) is 0 Å². The molecular formula is C16H11Cl3N2. The minimum Gasteiger partial charge on any atom is -0.342 e. The number of hydrogen-bond donors (Lipinski definition) is 1. The molecule has 0 spiro atoms. The lowest BCUT2D eigenvalue weighted by Crippen LogP contribution is -1.85. The molecule has 1 aromatic heterocycles. The Kier molecular flexibility index (Phi) is 3.94. The van der Waals surface area contributed by atoms with Gasteiger partial charge in [0.2, 0.25) is 0 Å². The van der Waals surface area contributed by atoms with Crippen molar-refractivity contribution < 1.29 is 0 Å². The van der Waals surface area contributed by atoms with Crippen LogP contribution in [0.4, 0.5) is 0 Å². The summed E-state index contributed by atoms with van der Waals surface area (Å²) in [5.74, 6) is 0.820. The van der Waals surface area contributed by atoms with E-state index in [1.54, 1.807) is 6.07 Å². The standard InChI is InChI=1S/C16H11Cl3N2/c1-9-20-15(10-2-4-11(17)5-3-10)16(21-9)13-7-6-12(18)8-14(13)19/h2-8H,1H3,(H,20,21). The summed E-state index contributed by atoms with van der Waals surface area (Å²) in [6, 6.07) is 13.0. The number of nitrogens with one attached hydrogen (secondary N) is 1. The fraction of sp³-hybridized carbons (Fsp3) is 0.0625. The first-order chi connectivity index (χ1) is 10.0. The van der Waals surface area contributed by atoms with Gasteiger partial charge in [-0.1, -0.05) is 46.9 Å². The molecule has 0 aliphatic carbocycles. The third-order valence-corrected chi connectivity index (χ3v) is 3.94. The molecule has 3 rings (SSSR count). The van der Waals surface area contributed by atoms with Crippen LogP contribution in [-0.4, -0.2) is 9.97 Å². The number of nitrogens with zero attached hydrogens (tertiary/aromatic N) is 1. The van der Waals surface area contributed by atoms with E-state index in [9.17, 15) is 0 Å². The van der Waals surface area contributed by atoms with E-state index in [1.165, 1.54) is 0 Å². The number of aryl methyl sites for hydroxylation is 1. The van der Waals surface area contributed by atoms with Crippen LogP contribution in [0, 0.1) is 6.92 Å². The third-order valence-electron chi connectivity index (χ3n) is 3.14. The van der Waals surface area contributed by atoms with Gasteiger partial charge in [0.25, 0.3) is 0 Å². The van der Waals surface area contributed by atoms with Crippen molar-refractivity contribution in [3.8, 4) is 22.5 Å². The number of H-pyrrole nitrogens is 1. The highest BCUT2D eigenvalue weighted by atomic mass is 35.5. The molecule has 0 amide bonds. The number of imidazole rings is 1. The van der Waals surface area contributed by atoms with Gasteiger partial charge in [0.05, 0.1) is 16.4 Å². The molecule has 1 heterocycles. The highest BCUT2D eigenvalue weighted by Gasteiger charge is 2.15. The minimum absolute atomic E-state index is 0.585. The molecule has 5 heteroatoms. The van der Waals surface area contributed by atoms with Gasteiger partial charge in [0.1, 0.15) is 5.82 Å². The van der Waals surface area contributed by atoms with Gasteiger partial charge < -0.3 is 4.98 Å². The van der Waals surface area contributed by atoms with E-state index in [4.69, 9.17) is 34.8 Å². The van der Waals surface area contributed by atoms with E-state index in [1.807, 2.05) is 43.3 Å². The molecule has 21 heavy (non-hydrogen) atoms. The fourth-order valence-corrected chi connectivity index (χ4v) is 2.82. The Morgan fingerprint density at radius 1 is 0.905 bits per heavy atom. The maximum Gasteiger partial charge on any atom is 0.104 e. The average molecular weight is 338 g/mol. The van der Waals surface area contributed by atoms with Gasteiger partial charge in [0, 0.05) is 21.2 Å². The molecule has 0 unspecified atom stereocenters. The normalized spacial score (nSPS) is 10.9. The molecule has 3 aromatic rings. The van der Waals surface area contributed by atoms with Crippen molar-refractivity contribution >= 4 is 34.8 Å². The maximum absolute atomic E-state index is 6.30. The Labute approximate surface area is 137 Å². The largest absolute Gasteiger partial charge is 0.342 e. The van der Waals surface area contributed by atoms with Crippen molar-refractivity contribution in [2.24, 2.45) is 0 Å². The van der Waals surface area contributed by atoms with E-state index < -0.39 is 0 Å². The SMILES string of the molecule is Cc1nc(-c2ccc(Cl)cc2)c(-c2ccc(Cl)cc2Cl)[nH]1. The van der Waals surface area contributed by atoms with Crippen LogP contribution in [0.2, 0.25) is 15.1 Å². The summed E-state index contributed by atoms with van der Waals surface area (Å²) < 4.78 is 0. The molecule has 0 fully saturated rings. The van der Waals surface area contributed by atoms with Crippen molar-refractivity contribution in [1.29, 1.82) is 0 Å². The summed E-state index contributed by atoms with van der Waals surface area (Å²) in [6.07, 6.45) is 0. The van der Waals surface area contributed by atoms with Gasteiger partial charge in [-0.25, -0.2) is 4.98 Å². The Bertz CT molecular complexity index is 792. The maximum atomic E-state index is 6.30. The molecular weight excluding hydrogens is 327 g/mol. The van der Waals surface area contributed by atoms with Gasteiger partial charge in [-0.3, -0.25) is 0 Å². The van der Waals surface area contributed by atoms with Crippen LogP contribution in [0.25, 0.3) is 22.5 Å². The van der Waals surface area contributed by atoms with Crippen LogP contribution in [-0.2, 0) is 0 Å². The molecule has 0 atom stereocenters. The average Bonchev–Trinajstić information content (AvgIpc) is 2.81. The van der Waals surface area contributed by atoms with E-state index in [0.717, 1.165) is 28.3 Å². The molecule has 1 N–H and O–H groups in total. The Morgan fingerprint density at radius 3 is 2.24 bits per heavy atom. The quantitative estimate of drug-likeness (QED) is 0.609. The monoisotopic (exact) mass is 336 g/mol. The molecule has 2 aromatic carbocycles. The molecule has 0 bridgehead atoms. The van der Waals surface area contributed by atoms with Crippen molar-refractivity contribution in [3.63, 3.8) is 0 Å². The zero-order valence-electron chi connectivity index (χ0n) is 11.1. The summed E-state index contributed by atoms with van der Waals surface area (Å²) in [7, 11) is 0. The topological polar surface area (TPSA) is 28.7 Å². The van der Waals surface area contributed by atoms with Crippen LogP contribution in [0.1, 0.15) is 5.82 Å². The number of benzene rings is 2. The molecule has 0 aliphatic rings. The summed E-state index contributed by atoms with van der Waals surface area (Å²) in [6.45, 7) is 1.91. The first kappa shape index (κ1) is 14.5. The van der Waals surface area contributed by atoms with Crippen LogP contribution in [0.3, 0.4) is 0 Å². The van der Waals surface area contributed by atoms with E-state index in [-0.39, 0.29) is 0 Å². The smallest absolute Gasteiger partial charge is 0.104 e. The van der Waals surface area contributed by atoms with Gasteiger partial charge in [-0.2, -0.15) is 0 Å². The number of hydrogen-bond acceptors (Lipinski definition) is 1. The van der Waals surface area contributed by atoms with Crippen LogP contribution >= 0.6 is 34.8 Å². The number of aromatic amines is 1. The van der Waals surface area contributed by atoms with Crippen molar-refractivity contribution in [2.75, 3.05) is 0 Å². The third kappa shape index (κ3) is 2.93. The summed E-state index contributed by atoms with van der Waals surface area (Å²) >= 11 is 18.2. The van der Waals surface area contributed by atoms with Crippen LogP contribution < -0.4 is 0 Å². The Morgan fingerprint density at radius 2 is 1.57 bits per heavy atom. The highest BCUT2D eigenvalue weighted by molar-refractivity contribution is 6.36. The second-order valence-corrected chi connectivity index (χ2v) is 5.96. The number of aromatic nitrogens is 2. The molecule has 0 saturated carbocycles. The number of rotatable bonds is 2. The summed E-state index contributed by atoms with van der Waals surface area (Å²) in [5.41, 5.74) is 3.56. The lowest BCUT2D eigenvalue weighted by atomic mass is 10.1. The lowest BCUT2D eigenvalue weighted by Gasteiger charge is -2.06. The number of halogens is 3. The fourth-order valence-electron chi connectivity index (χ4n) is 2.20. The van der Waals surface area contributed by atoms with E-state index in [0.29, 0.717) is 15.1 Å². The molecule has 106 valence electrons. The first-order valence-corrected chi connectivity index (χ1v) is 7.46. The van der Waals surface area contributed by atoms with Crippen molar-refractivity contribution in [2.45, 2.75) is 6.92 Å². The molecule has 0 saturated heterocycles. The van der Waals surface area contributed by atoms with Crippen molar-refractivity contribution in [3.05, 3.63) is 63.4 Å². The zero-order chi connectivity index (χ0) is 15.0. The molecule has 0 radical (unpaired) electrons. The van der Waals surface area contributed by atoms with Gasteiger partial charge in [0.15, 0.2) is 0 Å². The summed E-state index contributed by atoms with van der Waals surface area (Å²) in [4.78, 5) is 7.82. The van der Waals surface area contributed by atoms with Crippen LogP contribution in [0.15, 0.2) is 42.5 Å². The molecule has 2 nitrogen and oxygen atoms in total. The minimum atomic E-state index is 0.585. The van der Waals surface area contributed by atoms with Gasteiger partial charge in [-0.05, 0) is 37.3 Å². The first-order valence-electron chi connectivity index (χ1n) is 6.32. The predicted molar refractivity (Wildman–Crippen MR) is 89.2 cm³/mol. The summed E-state index contributed by atoms with van der Waals surface area (Å²) in [5, 5.41) is 1.88. The Balaban J connectivity index is 2.17. The lowest BCUT2D eigenvalue weighted by molar-refractivity contribution is 1.15. The Hall–Kier alpha value is -1.48. The second kappa shape index (κ2) is 5.72. The second-order valence-electron chi connectivity index (χ2n) is 4.68. The highest BCUT2D eigenvalue weighted by Crippen LogP contribution is 2.35. The van der Waals surface area contributed by atoms with E-state index >= 15 is 0 Å². The van der Waals surface area contributed by atoms with Gasteiger partial charge in [-0.15, -0.1) is 0 Å².